The second-order valence-corrected chi connectivity index (χ2v) is 4.41. The summed E-state index contributed by atoms with van der Waals surface area (Å²) in [7, 11) is 0. The Morgan fingerprint density at radius 3 is 3.07 bits per heavy atom. The van der Waals surface area contributed by atoms with E-state index >= 15 is 0 Å². The van der Waals surface area contributed by atoms with Crippen LogP contribution in [0.3, 0.4) is 0 Å². The Morgan fingerprint density at radius 2 is 2.33 bits per heavy atom. The fourth-order valence-electron chi connectivity index (χ4n) is 1.53. The van der Waals surface area contributed by atoms with E-state index in [0.29, 0.717) is 0 Å². The summed E-state index contributed by atoms with van der Waals surface area (Å²) in [6.45, 7) is 3.99. The summed E-state index contributed by atoms with van der Waals surface area (Å²) in [5, 5.41) is 12.4. The van der Waals surface area contributed by atoms with E-state index in [0.717, 1.165) is 25.2 Å². The molecule has 15 heavy (non-hydrogen) atoms. The Kier molecular flexibility index (Phi) is 3.53. The van der Waals surface area contributed by atoms with E-state index in [4.69, 9.17) is 0 Å². The van der Waals surface area contributed by atoms with Crippen LogP contribution in [0.25, 0.3) is 0 Å². The van der Waals surface area contributed by atoms with Crippen LogP contribution < -0.4 is 5.32 Å². The number of aryl methyl sites for hydroxylation is 1. The normalized spacial score (nSPS) is 10.7. The molecule has 0 spiro atoms. The molecule has 0 atom stereocenters. The highest BCUT2D eigenvalue weighted by molar-refractivity contribution is 7.10. The van der Waals surface area contributed by atoms with Gasteiger partial charge in [0.1, 0.15) is 0 Å². The van der Waals surface area contributed by atoms with Gasteiger partial charge in [0.05, 0.1) is 0 Å². The van der Waals surface area contributed by atoms with Crippen LogP contribution in [0.2, 0.25) is 0 Å². The number of thiophene rings is 1. The quantitative estimate of drug-likeness (QED) is 0.813. The summed E-state index contributed by atoms with van der Waals surface area (Å²) in [5.41, 5.74) is 2.58. The molecule has 0 aromatic carbocycles. The summed E-state index contributed by atoms with van der Waals surface area (Å²) < 4.78 is 0. The maximum atomic E-state index is 3.91. The molecule has 0 fully saturated rings. The molecule has 0 bridgehead atoms. The van der Waals surface area contributed by atoms with Gasteiger partial charge in [0.15, 0.2) is 0 Å². The van der Waals surface area contributed by atoms with Crippen LogP contribution in [-0.2, 0) is 19.5 Å². The van der Waals surface area contributed by atoms with E-state index in [2.05, 4.69) is 33.9 Å². The van der Waals surface area contributed by atoms with Gasteiger partial charge in [0.2, 0.25) is 0 Å². The van der Waals surface area contributed by atoms with Gasteiger partial charge in [-0.25, -0.2) is 0 Å². The second-order valence-electron chi connectivity index (χ2n) is 3.41. The van der Waals surface area contributed by atoms with E-state index in [9.17, 15) is 0 Å². The number of hydrogen-bond donors (Lipinski definition) is 2. The van der Waals surface area contributed by atoms with Gasteiger partial charge < -0.3 is 5.32 Å². The molecule has 2 aromatic heterocycles. The third-order valence-corrected chi connectivity index (χ3v) is 3.34. The largest absolute Gasteiger partial charge is 0.306 e. The van der Waals surface area contributed by atoms with Crippen molar-refractivity contribution >= 4 is 11.3 Å². The SMILES string of the molecule is CCc1ccsc1CNCc1ccn[nH]1. The number of nitrogens with one attached hydrogen (secondary N) is 2. The first-order chi connectivity index (χ1) is 7.40. The van der Waals surface area contributed by atoms with Crippen molar-refractivity contribution in [1.82, 2.24) is 15.5 Å². The van der Waals surface area contributed by atoms with Gasteiger partial charge in [-0.15, -0.1) is 11.3 Å². The molecule has 2 rings (SSSR count). The van der Waals surface area contributed by atoms with Gasteiger partial charge in [-0.1, -0.05) is 6.92 Å². The molecule has 80 valence electrons. The molecule has 0 unspecified atom stereocenters. The van der Waals surface area contributed by atoms with Gasteiger partial charge in [0, 0.05) is 29.9 Å². The first-order valence-corrected chi connectivity index (χ1v) is 6.02. The minimum Gasteiger partial charge on any atom is -0.306 e. The van der Waals surface area contributed by atoms with Gasteiger partial charge in [-0.2, -0.15) is 5.10 Å². The molecule has 0 aliphatic heterocycles. The van der Waals surface area contributed by atoms with Crippen molar-refractivity contribution in [1.29, 1.82) is 0 Å². The number of H-pyrrole nitrogens is 1. The Balaban J connectivity index is 1.83. The zero-order chi connectivity index (χ0) is 10.5. The molecular formula is C11H15N3S. The van der Waals surface area contributed by atoms with Crippen LogP contribution in [0.5, 0.6) is 0 Å². The van der Waals surface area contributed by atoms with Crippen LogP contribution in [0.15, 0.2) is 23.7 Å². The minimum atomic E-state index is 0.848. The molecule has 0 saturated carbocycles. The lowest BCUT2D eigenvalue weighted by Crippen LogP contribution is -2.12. The monoisotopic (exact) mass is 221 g/mol. The zero-order valence-corrected chi connectivity index (χ0v) is 9.60. The van der Waals surface area contributed by atoms with Gasteiger partial charge in [-0.05, 0) is 29.5 Å². The highest BCUT2D eigenvalue weighted by atomic mass is 32.1. The number of rotatable bonds is 5. The van der Waals surface area contributed by atoms with Crippen molar-refractivity contribution in [2.75, 3.05) is 0 Å². The van der Waals surface area contributed by atoms with Crippen molar-refractivity contribution in [2.45, 2.75) is 26.4 Å². The molecule has 4 heteroatoms. The fourth-order valence-corrected chi connectivity index (χ4v) is 2.48. The summed E-state index contributed by atoms with van der Waals surface area (Å²) >= 11 is 1.82. The summed E-state index contributed by atoms with van der Waals surface area (Å²) in [6.07, 6.45) is 2.89. The molecule has 0 aliphatic rings. The van der Waals surface area contributed by atoms with E-state index in [1.165, 1.54) is 10.4 Å². The van der Waals surface area contributed by atoms with Gasteiger partial charge in [0.25, 0.3) is 0 Å². The van der Waals surface area contributed by atoms with Crippen LogP contribution in [0, 0.1) is 0 Å². The molecular weight excluding hydrogens is 206 g/mol. The Morgan fingerprint density at radius 1 is 1.40 bits per heavy atom. The van der Waals surface area contributed by atoms with E-state index < -0.39 is 0 Å². The minimum absolute atomic E-state index is 0.848. The lowest BCUT2D eigenvalue weighted by atomic mass is 10.2. The predicted molar refractivity (Wildman–Crippen MR) is 62.8 cm³/mol. The standard InChI is InChI=1S/C11H15N3S/c1-2-9-4-6-15-11(9)8-12-7-10-3-5-13-14-10/h3-6,12H,2,7-8H2,1H3,(H,13,14). The van der Waals surface area contributed by atoms with E-state index in [-0.39, 0.29) is 0 Å². The van der Waals surface area contributed by atoms with Crippen molar-refractivity contribution < 1.29 is 0 Å². The highest BCUT2D eigenvalue weighted by Gasteiger charge is 2.01. The lowest BCUT2D eigenvalue weighted by molar-refractivity contribution is 0.680. The van der Waals surface area contributed by atoms with Crippen molar-refractivity contribution in [3.8, 4) is 0 Å². The van der Waals surface area contributed by atoms with Crippen LogP contribution >= 0.6 is 11.3 Å². The van der Waals surface area contributed by atoms with E-state index in [1.54, 1.807) is 6.20 Å². The topological polar surface area (TPSA) is 40.7 Å². The molecule has 0 aliphatic carbocycles. The smallest absolute Gasteiger partial charge is 0.0490 e. The summed E-state index contributed by atoms with van der Waals surface area (Å²) in [4.78, 5) is 1.44. The molecule has 0 radical (unpaired) electrons. The first kappa shape index (κ1) is 10.4. The number of hydrogen-bond acceptors (Lipinski definition) is 3. The lowest BCUT2D eigenvalue weighted by Gasteiger charge is -2.03. The van der Waals surface area contributed by atoms with Gasteiger partial charge >= 0.3 is 0 Å². The van der Waals surface area contributed by atoms with Crippen LogP contribution in [-0.4, -0.2) is 10.2 Å². The second kappa shape index (κ2) is 5.09. The van der Waals surface area contributed by atoms with Crippen LogP contribution in [0.1, 0.15) is 23.1 Å². The molecule has 3 nitrogen and oxygen atoms in total. The average molecular weight is 221 g/mol. The fraction of sp³-hybridized carbons (Fsp3) is 0.364. The van der Waals surface area contributed by atoms with Crippen molar-refractivity contribution in [3.63, 3.8) is 0 Å². The highest BCUT2D eigenvalue weighted by Crippen LogP contribution is 2.16. The molecule has 0 saturated heterocycles. The maximum absolute atomic E-state index is 3.91. The number of aromatic nitrogens is 2. The summed E-state index contributed by atoms with van der Waals surface area (Å²) in [5.74, 6) is 0. The Hall–Kier alpha value is -1.13. The van der Waals surface area contributed by atoms with Gasteiger partial charge in [-0.3, -0.25) is 5.10 Å². The van der Waals surface area contributed by atoms with E-state index in [1.807, 2.05) is 17.4 Å². The third kappa shape index (κ3) is 2.67. The zero-order valence-electron chi connectivity index (χ0n) is 8.79. The third-order valence-electron chi connectivity index (χ3n) is 2.38. The molecule has 2 N–H and O–H groups in total. The predicted octanol–water partition coefficient (Wildman–Crippen LogP) is 2.32. The maximum Gasteiger partial charge on any atom is 0.0490 e. The van der Waals surface area contributed by atoms with Crippen molar-refractivity contribution in [2.24, 2.45) is 0 Å². The van der Waals surface area contributed by atoms with Crippen molar-refractivity contribution in [3.05, 3.63) is 39.8 Å². The number of nitrogens with zero attached hydrogens (tertiary/aromatic N) is 1. The summed E-state index contributed by atoms with van der Waals surface area (Å²) in [6, 6.07) is 4.19. The first-order valence-electron chi connectivity index (χ1n) is 5.14. The van der Waals surface area contributed by atoms with Crippen LogP contribution in [0.4, 0.5) is 0 Å². The molecule has 0 amide bonds. The molecule has 2 aromatic rings. The average Bonchev–Trinajstić information content (AvgIpc) is 2.88. The molecule has 2 heterocycles. The number of aromatic amines is 1. The Bertz CT molecular complexity index is 392. The Labute approximate surface area is 93.5 Å².